The number of hydrogen-bond acceptors (Lipinski definition) is 6. The number of carbonyl (C=O) groups excluding carboxylic acids is 3. The summed E-state index contributed by atoms with van der Waals surface area (Å²) in [5.41, 5.74) is -1.58. The topological polar surface area (TPSA) is 96.4 Å². The lowest BCUT2D eigenvalue weighted by atomic mass is 9.62. The molecule has 0 aromatic heterocycles. The molecule has 1 spiro atoms. The number of fused-ring (bicyclic) bond motifs is 1. The molecule has 4 rings (SSSR count). The summed E-state index contributed by atoms with van der Waals surface area (Å²) in [6.45, 7) is 13.5. The Kier molecular flexibility index (Phi) is 7.99. The maximum atomic E-state index is 14.6. The number of aliphatic hydroxyl groups excluding tert-OH is 1. The molecule has 3 aliphatic heterocycles. The van der Waals surface area contributed by atoms with Gasteiger partial charge in [0.1, 0.15) is 17.6 Å². The number of aliphatic hydroxyl groups is 1. The van der Waals surface area contributed by atoms with Crippen LogP contribution in [0.15, 0.2) is 36.9 Å². The number of carbonyl (C=O) groups is 3. The Morgan fingerprint density at radius 2 is 2.00 bits per heavy atom. The SMILES string of the molecule is C=CCN(C(=O)C1N([C@@H](CO)CC(C)C)C(=O)[C@@H]2[C@@H](C(=O)OCC)[C@]3(C)OC12CC3C)c1ccc(Cl)cc1. The van der Waals surface area contributed by atoms with Crippen LogP contribution in [0.25, 0.3) is 0 Å². The maximum absolute atomic E-state index is 14.6. The van der Waals surface area contributed by atoms with Crippen molar-refractivity contribution in [2.24, 2.45) is 23.7 Å². The zero-order chi connectivity index (χ0) is 28.0. The summed E-state index contributed by atoms with van der Waals surface area (Å²) in [5, 5.41) is 11.0. The number of esters is 1. The molecule has 1 N–H and O–H groups in total. The molecule has 1 aromatic rings. The number of amides is 2. The highest BCUT2D eigenvalue weighted by Gasteiger charge is 2.80. The zero-order valence-corrected chi connectivity index (χ0v) is 23.6. The predicted octanol–water partition coefficient (Wildman–Crippen LogP) is 3.84. The summed E-state index contributed by atoms with van der Waals surface area (Å²) in [5.74, 6) is -2.84. The van der Waals surface area contributed by atoms with Crippen LogP contribution in [-0.4, -0.2) is 70.8 Å². The van der Waals surface area contributed by atoms with Crippen LogP contribution in [0.4, 0.5) is 5.69 Å². The quantitative estimate of drug-likeness (QED) is 0.354. The van der Waals surface area contributed by atoms with E-state index in [4.69, 9.17) is 21.1 Å². The lowest BCUT2D eigenvalue weighted by molar-refractivity contribution is -0.162. The smallest absolute Gasteiger partial charge is 0.312 e. The number of benzene rings is 1. The van der Waals surface area contributed by atoms with Gasteiger partial charge in [0.15, 0.2) is 0 Å². The highest BCUT2D eigenvalue weighted by molar-refractivity contribution is 6.30. The molecule has 7 atom stereocenters. The number of hydrogen-bond donors (Lipinski definition) is 1. The van der Waals surface area contributed by atoms with E-state index in [1.54, 1.807) is 42.2 Å². The number of nitrogens with zero attached hydrogens (tertiary/aromatic N) is 2. The molecule has 3 aliphatic rings. The molecule has 2 amide bonds. The minimum atomic E-state index is -1.23. The first-order chi connectivity index (χ1) is 18.0. The fraction of sp³-hybridized carbons (Fsp3) is 0.621. The molecule has 208 valence electrons. The second kappa shape index (κ2) is 10.6. The maximum Gasteiger partial charge on any atom is 0.312 e. The van der Waals surface area contributed by atoms with E-state index in [1.165, 1.54) is 4.90 Å². The van der Waals surface area contributed by atoms with Gasteiger partial charge in [-0.05, 0) is 62.8 Å². The van der Waals surface area contributed by atoms with Gasteiger partial charge in [-0.3, -0.25) is 14.4 Å². The molecule has 2 bridgehead atoms. The Morgan fingerprint density at radius 1 is 1.34 bits per heavy atom. The van der Waals surface area contributed by atoms with Crippen molar-refractivity contribution in [1.82, 2.24) is 4.90 Å². The van der Waals surface area contributed by atoms with Crippen molar-refractivity contribution in [3.63, 3.8) is 0 Å². The van der Waals surface area contributed by atoms with E-state index in [9.17, 15) is 19.5 Å². The van der Waals surface area contributed by atoms with Crippen molar-refractivity contribution < 1.29 is 29.0 Å². The van der Waals surface area contributed by atoms with E-state index < -0.39 is 41.1 Å². The molecule has 8 nitrogen and oxygen atoms in total. The molecule has 3 heterocycles. The minimum absolute atomic E-state index is 0.0998. The highest BCUT2D eigenvalue weighted by Crippen LogP contribution is 2.65. The van der Waals surface area contributed by atoms with Crippen LogP contribution >= 0.6 is 11.6 Å². The molecule has 0 saturated carbocycles. The van der Waals surface area contributed by atoms with Crippen LogP contribution in [0.2, 0.25) is 5.02 Å². The van der Waals surface area contributed by atoms with Gasteiger partial charge in [0.25, 0.3) is 5.91 Å². The van der Waals surface area contributed by atoms with E-state index in [0.29, 0.717) is 23.6 Å². The third kappa shape index (κ3) is 4.34. The standard InChI is InChI=1S/C29H39ClN2O6/c1-7-13-31(20-11-9-19(30)10-12-20)26(35)24-29-15-18(5)28(6,38-29)23(27(36)37-8-2)22(29)25(34)32(24)21(16-33)14-17(3)4/h7,9-12,17-18,21-24,33H,1,8,13-16H2,2-6H3/t18?,21-,22+,23+,24?,28-,29?/m1/s1. The number of rotatable bonds is 10. The van der Waals surface area contributed by atoms with Gasteiger partial charge in [0.05, 0.1) is 30.8 Å². The van der Waals surface area contributed by atoms with Crippen molar-refractivity contribution in [3.8, 4) is 0 Å². The lowest BCUT2D eigenvalue weighted by Crippen LogP contribution is -2.59. The van der Waals surface area contributed by atoms with E-state index in [0.717, 1.165) is 0 Å². The zero-order valence-electron chi connectivity index (χ0n) is 22.9. The fourth-order valence-corrected chi connectivity index (χ4v) is 7.11. The average molecular weight is 547 g/mol. The molecule has 3 fully saturated rings. The molecule has 9 heteroatoms. The lowest BCUT2D eigenvalue weighted by Gasteiger charge is -2.40. The van der Waals surface area contributed by atoms with E-state index >= 15 is 0 Å². The molecule has 0 aliphatic carbocycles. The fourth-order valence-electron chi connectivity index (χ4n) is 6.98. The van der Waals surface area contributed by atoms with Gasteiger partial charge in [-0.1, -0.05) is 38.4 Å². The van der Waals surface area contributed by atoms with Crippen molar-refractivity contribution in [1.29, 1.82) is 0 Å². The molecule has 0 radical (unpaired) electrons. The predicted molar refractivity (Wildman–Crippen MR) is 145 cm³/mol. The Bertz CT molecular complexity index is 1090. The molecule has 3 unspecified atom stereocenters. The summed E-state index contributed by atoms with van der Waals surface area (Å²) in [6.07, 6.45) is 2.55. The van der Waals surface area contributed by atoms with Crippen LogP contribution in [0.1, 0.15) is 47.5 Å². The van der Waals surface area contributed by atoms with Gasteiger partial charge in [-0.25, -0.2) is 0 Å². The molecule has 1 aromatic carbocycles. The van der Waals surface area contributed by atoms with Gasteiger partial charge in [-0.2, -0.15) is 0 Å². The largest absolute Gasteiger partial charge is 0.466 e. The average Bonchev–Trinajstić information content (AvgIpc) is 3.38. The summed E-state index contributed by atoms with van der Waals surface area (Å²) in [4.78, 5) is 45.3. The molecule has 38 heavy (non-hydrogen) atoms. The molecular formula is C29H39ClN2O6. The summed E-state index contributed by atoms with van der Waals surface area (Å²) in [6, 6.07) is 5.25. The van der Waals surface area contributed by atoms with Crippen LogP contribution < -0.4 is 4.90 Å². The Hall–Kier alpha value is -2.42. The number of likely N-dealkylation sites (tertiary alicyclic amines) is 1. The number of ether oxygens (including phenoxy) is 2. The summed E-state index contributed by atoms with van der Waals surface area (Å²) >= 11 is 6.11. The summed E-state index contributed by atoms with van der Waals surface area (Å²) < 4.78 is 12.2. The van der Waals surface area contributed by atoms with Gasteiger partial charge in [0, 0.05) is 17.3 Å². The van der Waals surface area contributed by atoms with Crippen molar-refractivity contribution in [3.05, 3.63) is 41.9 Å². The second-order valence-electron chi connectivity index (χ2n) is 11.4. The van der Waals surface area contributed by atoms with Crippen molar-refractivity contribution in [2.45, 2.75) is 70.7 Å². The first-order valence-electron chi connectivity index (χ1n) is 13.4. The number of anilines is 1. The van der Waals surface area contributed by atoms with Crippen LogP contribution in [0, 0.1) is 23.7 Å². The van der Waals surface area contributed by atoms with Crippen LogP contribution in [0.3, 0.4) is 0 Å². The van der Waals surface area contributed by atoms with Crippen LogP contribution in [-0.2, 0) is 23.9 Å². The number of halogens is 1. The van der Waals surface area contributed by atoms with E-state index in [2.05, 4.69) is 6.58 Å². The van der Waals surface area contributed by atoms with E-state index in [-0.39, 0.29) is 43.4 Å². The highest BCUT2D eigenvalue weighted by atomic mass is 35.5. The Morgan fingerprint density at radius 3 is 2.55 bits per heavy atom. The Balaban J connectivity index is 1.88. The second-order valence-corrected chi connectivity index (χ2v) is 11.8. The van der Waals surface area contributed by atoms with Gasteiger partial charge in [0.2, 0.25) is 5.91 Å². The Labute approximate surface area is 229 Å². The first kappa shape index (κ1) is 28.6. The van der Waals surface area contributed by atoms with Gasteiger partial charge < -0.3 is 24.4 Å². The minimum Gasteiger partial charge on any atom is -0.466 e. The monoisotopic (exact) mass is 546 g/mol. The third-order valence-corrected chi connectivity index (χ3v) is 8.84. The molecule has 3 saturated heterocycles. The van der Waals surface area contributed by atoms with Crippen LogP contribution in [0.5, 0.6) is 0 Å². The van der Waals surface area contributed by atoms with Gasteiger partial charge >= 0.3 is 5.97 Å². The summed E-state index contributed by atoms with van der Waals surface area (Å²) in [7, 11) is 0. The van der Waals surface area contributed by atoms with Crippen molar-refractivity contribution in [2.75, 3.05) is 24.7 Å². The third-order valence-electron chi connectivity index (χ3n) is 8.59. The first-order valence-corrected chi connectivity index (χ1v) is 13.8. The van der Waals surface area contributed by atoms with Crippen molar-refractivity contribution >= 4 is 35.1 Å². The van der Waals surface area contributed by atoms with E-state index in [1.807, 2.05) is 27.7 Å². The normalized spacial score (nSPS) is 32.4. The van der Waals surface area contributed by atoms with Gasteiger partial charge in [-0.15, -0.1) is 6.58 Å². The molecular weight excluding hydrogens is 508 g/mol.